The van der Waals surface area contributed by atoms with Crippen molar-refractivity contribution in [2.24, 2.45) is 0 Å². The van der Waals surface area contributed by atoms with Crippen molar-refractivity contribution in [2.75, 3.05) is 0 Å². The number of ketones is 1. The molecule has 3 rings (SSSR count). The summed E-state index contributed by atoms with van der Waals surface area (Å²) in [5, 5.41) is 1.05. The minimum absolute atomic E-state index is 0.0360. The lowest BCUT2D eigenvalue weighted by atomic mass is 10.1. The molecule has 0 unspecified atom stereocenters. The molecule has 0 aliphatic heterocycles. The Bertz CT molecular complexity index is 783. The first-order chi connectivity index (χ1) is 9.72. The number of fused-ring (bicyclic) bond motifs is 1. The minimum Gasteiger partial charge on any atom is -0.292 e. The van der Waals surface area contributed by atoms with Gasteiger partial charge in [-0.1, -0.05) is 52.3 Å². The summed E-state index contributed by atoms with van der Waals surface area (Å²) < 4.78 is 0.981. The number of pyridine rings is 1. The number of nitrogens with zero attached hydrogens (tertiary/aromatic N) is 1. The highest BCUT2D eigenvalue weighted by Gasteiger charge is 2.09. The van der Waals surface area contributed by atoms with Crippen LogP contribution in [-0.2, 0) is 6.42 Å². The quantitative estimate of drug-likeness (QED) is 0.667. The van der Waals surface area contributed by atoms with Crippen LogP contribution in [0.1, 0.15) is 16.1 Å². The van der Waals surface area contributed by atoms with Crippen LogP contribution in [0.2, 0.25) is 0 Å². The molecule has 1 aromatic heterocycles. The second-order valence-electron chi connectivity index (χ2n) is 4.62. The van der Waals surface area contributed by atoms with E-state index in [1.807, 2.05) is 54.6 Å². The van der Waals surface area contributed by atoms with Crippen LogP contribution in [0.5, 0.6) is 0 Å². The molecule has 0 bridgehead atoms. The molecule has 0 aliphatic rings. The highest BCUT2D eigenvalue weighted by molar-refractivity contribution is 9.10. The van der Waals surface area contributed by atoms with Crippen molar-refractivity contribution in [1.29, 1.82) is 0 Å². The van der Waals surface area contributed by atoms with Crippen LogP contribution in [0, 0.1) is 0 Å². The van der Waals surface area contributed by atoms with Gasteiger partial charge in [0.2, 0.25) is 0 Å². The molecule has 0 radical (unpaired) electrons. The van der Waals surface area contributed by atoms with E-state index in [1.54, 1.807) is 6.07 Å². The first-order valence-electron chi connectivity index (χ1n) is 6.36. The summed E-state index contributed by atoms with van der Waals surface area (Å²) in [7, 11) is 0. The second kappa shape index (κ2) is 5.55. The van der Waals surface area contributed by atoms with Crippen molar-refractivity contribution >= 4 is 32.6 Å². The molecule has 3 aromatic rings. The molecule has 0 aliphatic carbocycles. The predicted octanol–water partition coefficient (Wildman–Crippen LogP) is 4.42. The highest BCUT2D eigenvalue weighted by atomic mass is 79.9. The third-order valence-electron chi connectivity index (χ3n) is 3.14. The van der Waals surface area contributed by atoms with E-state index >= 15 is 0 Å². The zero-order valence-electron chi connectivity index (χ0n) is 10.7. The fourth-order valence-corrected chi connectivity index (χ4v) is 2.59. The van der Waals surface area contributed by atoms with Gasteiger partial charge in [-0.25, -0.2) is 4.98 Å². The van der Waals surface area contributed by atoms with Crippen LogP contribution >= 0.6 is 15.9 Å². The van der Waals surface area contributed by atoms with Gasteiger partial charge in [-0.15, -0.1) is 0 Å². The van der Waals surface area contributed by atoms with Crippen LogP contribution < -0.4 is 0 Å². The van der Waals surface area contributed by atoms with Crippen LogP contribution in [0.3, 0.4) is 0 Å². The Balaban J connectivity index is 1.88. The van der Waals surface area contributed by atoms with E-state index in [1.165, 1.54) is 0 Å². The van der Waals surface area contributed by atoms with Gasteiger partial charge >= 0.3 is 0 Å². The molecule has 2 aromatic carbocycles. The van der Waals surface area contributed by atoms with Crippen LogP contribution in [-0.4, -0.2) is 10.8 Å². The Morgan fingerprint density at radius 2 is 1.85 bits per heavy atom. The smallest absolute Gasteiger partial charge is 0.185 e. The summed E-state index contributed by atoms with van der Waals surface area (Å²) in [6.45, 7) is 0. The zero-order valence-corrected chi connectivity index (χ0v) is 12.3. The molecule has 0 saturated carbocycles. The van der Waals surface area contributed by atoms with Gasteiger partial charge in [0.1, 0.15) is 5.69 Å². The number of carbonyl (C=O) groups is 1. The first kappa shape index (κ1) is 13.0. The van der Waals surface area contributed by atoms with Crippen molar-refractivity contribution in [3.8, 4) is 0 Å². The van der Waals surface area contributed by atoms with Gasteiger partial charge in [-0.3, -0.25) is 4.79 Å². The third-order valence-corrected chi connectivity index (χ3v) is 3.63. The molecule has 20 heavy (non-hydrogen) atoms. The normalized spacial score (nSPS) is 10.7. The Hall–Kier alpha value is -2.00. The van der Waals surface area contributed by atoms with E-state index in [4.69, 9.17) is 0 Å². The van der Waals surface area contributed by atoms with E-state index < -0.39 is 0 Å². The third kappa shape index (κ3) is 2.78. The highest BCUT2D eigenvalue weighted by Crippen LogP contribution is 2.16. The molecule has 3 heteroatoms. The minimum atomic E-state index is 0.0360. The Morgan fingerprint density at radius 3 is 2.70 bits per heavy atom. The summed E-state index contributed by atoms with van der Waals surface area (Å²) >= 11 is 3.41. The second-order valence-corrected chi connectivity index (χ2v) is 5.53. The molecule has 1 heterocycles. The van der Waals surface area contributed by atoms with Gasteiger partial charge in [-0.05, 0) is 29.8 Å². The van der Waals surface area contributed by atoms with E-state index in [0.717, 1.165) is 20.9 Å². The van der Waals surface area contributed by atoms with Crippen molar-refractivity contribution in [2.45, 2.75) is 6.42 Å². The van der Waals surface area contributed by atoms with Crippen molar-refractivity contribution < 1.29 is 4.79 Å². The predicted molar refractivity (Wildman–Crippen MR) is 83.9 cm³/mol. The van der Waals surface area contributed by atoms with E-state index in [-0.39, 0.29) is 5.78 Å². The number of aromatic nitrogens is 1. The molecule has 0 fully saturated rings. The fraction of sp³-hybridized carbons (Fsp3) is 0.0588. The lowest BCUT2D eigenvalue weighted by Crippen LogP contribution is -2.06. The maximum absolute atomic E-state index is 12.3. The lowest BCUT2D eigenvalue weighted by Gasteiger charge is -2.03. The Kier molecular flexibility index (Phi) is 3.61. The number of hydrogen-bond donors (Lipinski definition) is 0. The summed E-state index contributed by atoms with van der Waals surface area (Å²) in [5.74, 6) is 0.0360. The number of hydrogen-bond acceptors (Lipinski definition) is 2. The first-order valence-corrected chi connectivity index (χ1v) is 7.15. The number of para-hydroxylation sites is 1. The SMILES string of the molecule is O=C(Cc1cccc(Br)c1)c1ccc2ccccc2n1. The van der Waals surface area contributed by atoms with Gasteiger partial charge in [0.05, 0.1) is 5.52 Å². The Labute approximate surface area is 125 Å². The number of carbonyl (C=O) groups excluding carboxylic acids is 1. The summed E-state index contributed by atoms with van der Waals surface area (Å²) in [6.07, 6.45) is 0.366. The van der Waals surface area contributed by atoms with E-state index in [9.17, 15) is 4.79 Å². The number of rotatable bonds is 3. The van der Waals surface area contributed by atoms with Gasteiger partial charge in [0.25, 0.3) is 0 Å². The van der Waals surface area contributed by atoms with Crippen molar-refractivity contribution in [3.05, 3.63) is 76.4 Å². The molecule has 0 saturated heterocycles. The zero-order chi connectivity index (χ0) is 13.9. The van der Waals surface area contributed by atoms with Crippen LogP contribution in [0.15, 0.2) is 65.1 Å². The molecule has 0 amide bonds. The number of benzene rings is 2. The standard InChI is InChI=1S/C17H12BrNO/c18-14-6-3-4-12(10-14)11-17(20)16-9-8-13-5-1-2-7-15(13)19-16/h1-10H,11H2. The number of Topliss-reactive ketones (excluding diaryl/α,β-unsaturated/α-hetero) is 1. The molecular formula is C17H12BrNO. The van der Waals surface area contributed by atoms with E-state index in [0.29, 0.717) is 12.1 Å². The Morgan fingerprint density at radius 1 is 1.00 bits per heavy atom. The van der Waals surface area contributed by atoms with Gasteiger partial charge < -0.3 is 0 Å². The monoisotopic (exact) mass is 325 g/mol. The van der Waals surface area contributed by atoms with Gasteiger partial charge in [0, 0.05) is 16.3 Å². The summed E-state index contributed by atoms with van der Waals surface area (Å²) in [4.78, 5) is 16.7. The average Bonchev–Trinajstić information content (AvgIpc) is 2.47. The van der Waals surface area contributed by atoms with E-state index in [2.05, 4.69) is 20.9 Å². The van der Waals surface area contributed by atoms with Gasteiger partial charge in [-0.2, -0.15) is 0 Å². The average molecular weight is 326 g/mol. The molecule has 0 spiro atoms. The molecule has 98 valence electrons. The molecular weight excluding hydrogens is 314 g/mol. The topological polar surface area (TPSA) is 30.0 Å². The maximum atomic E-state index is 12.3. The summed E-state index contributed by atoms with van der Waals surface area (Å²) in [5.41, 5.74) is 2.36. The number of halogens is 1. The van der Waals surface area contributed by atoms with Crippen LogP contribution in [0.25, 0.3) is 10.9 Å². The maximum Gasteiger partial charge on any atom is 0.185 e. The van der Waals surface area contributed by atoms with Gasteiger partial charge in [0.15, 0.2) is 5.78 Å². The summed E-state index contributed by atoms with van der Waals surface area (Å²) in [6, 6.07) is 19.3. The largest absolute Gasteiger partial charge is 0.292 e. The van der Waals surface area contributed by atoms with Crippen molar-refractivity contribution in [3.63, 3.8) is 0 Å². The van der Waals surface area contributed by atoms with Crippen molar-refractivity contribution in [1.82, 2.24) is 4.98 Å². The molecule has 0 N–H and O–H groups in total. The molecule has 0 atom stereocenters. The molecule has 2 nitrogen and oxygen atoms in total. The van der Waals surface area contributed by atoms with Crippen LogP contribution in [0.4, 0.5) is 0 Å². The fourth-order valence-electron chi connectivity index (χ4n) is 2.14. The lowest BCUT2D eigenvalue weighted by molar-refractivity contribution is 0.0988.